The molecule has 0 aromatic carbocycles. The molecule has 268 valence electrons. The van der Waals surface area contributed by atoms with Gasteiger partial charge in [0.2, 0.25) is 0 Å². The van der Waals surface area contributed by atoms with Gasteiger partial charge < -0.3 is 8.85 Å². The number of rotatable bonds is 18. The third-order valence-electron chi connectivity index (χ3n) is 9.54. The second-order valence-corrected chi connectivity index (χ2v) is 26.3. The first-order valence-electron chi connectivity index (χ1n) is 19.5. The lowest BCUT2D eigenvalue weighted by molar-refractivity contribution is 0.143. The average molecular weight is 673 g/mol. The van der Waals surface area contributed by atoms with Gasteiger partial charge in [0.25, 0.3) is 0 Å². The zero-order valence-electron chi connectivity index (χ0n) is 33.3. The van der Waals surface area contributed by atoms with Crippen molar-refractivity contribution in [2.75, 3.05) is 0 Å². The van der Waals surface area contributed by atoms with Crippen molar-refractivity contribution >= 4 is 16.6 Å². The molecule has 2 saturated carbocycles. The quantitative estimate of drug-likeness (QED) is 0.0819. The van der Waals surface area contributed by atoms with Crippen LogP contribution in [-0.4, -0.2) is 28.8 Å². The van der Waals surface area contributed by atoms with Crippen LogP contribution in [0.5, 0.6) is 0 Å². The molecule has 0 amide bonds. The highest BCUT2D eigenvalue weighted by molar-refractivity contribution is 6.70. The predicted octanol–water partition coefficient (Wildman–Crippen LogP) is 13.7. The molecule has 0 bridgehead atoms. The molecule has 4 heteroatoms. The maximum Gasteiger partial charge on any atom is 0.184 e. The molecule has 0 heterocycles. The van der Waals surface area contributed by atoms with Crippen LogP contribution in [0.3, 0.4) is 0 Å². The lowest BCUT2D eigenvalue weighted by Crippen LogP contribution is -2.34. The summed E-state index contributed by atoms with van der Waals surface area (Å²) in [4.78, 5) is 0. The average Bonchev–Trinajstić information content (AvgIpc) is 3.37. The molecule has 2 aliphatic rings. The molecule has 0 N–H and O–H groups in total. The number of unbranched alkanes of at least 4 members (excludes halogenated alkanes) is 4. The van der Waals surface area contributed by atoms with E-state index in [0.717, 1.165) is 17.8 Å². The van der Waals surface area contributed by atoms with E-state index in [-0.39, 0.29) is 0 Å². The topological polar surface area (TPSA) is 18.5 Å². The van der Waals surface area contributed by atoms with Crippen molar-refractivity contribution < 1.29 is 8.85 Å². The smallest absolute Gasteiger partial charge is 0.184 e. The van der Waals surface area contributed by atoms with Gasteiger partial charge in [-0.2, -0.15) is 0 Å². The fourth-order valence-electron chi connectivity index (χ4n) is 7.28. The summed E-state index contributed by atoms with van der Waals surface area (Å²) >= 11 is 0. The SMILES string of the molecule is CCCC/C=C\C[C@@H]1[C@@H](C=CC(C)C)[C@H](C)C[C@@H]1O[Si](C)(C)C.CCCC/C=C\C[C@@H]1[C@@H](C=CC(C)C)[C@H](O[Si](C)(C)C)C[C@@H]1C. The van der Waals surface area contributed by atoms with Gasteiger partial charge in [0.15, 0.2) is 16.6 Å². The van der Waals surface area contributed by atoms with Crippen LogP contribution < -0.4 is 0 Å². The van der Waals surface area contributed by atoms with Gasteiger partial charge in [-0.05, 0) is 119 Å². The van der Waals surface area contributed by atoms with Crippen LogP contribution in [0.2, 0.25) is 39.3 Å². The van der Waals surface area contributed by atoms with Gasteiger partial charge in [0.05, 0.1) is 6.10 Å². The van der Waals surface area contributed by atoms with E-state index in [0.29, 0.717) is 41.8 Å². The Bertz CT molecular complexity index is 904. The van der Waals surface area contributed by atoms with Crippen molar-refractivity contribution in [3.05, 3.63) is 48.6 Å². The Hall–Kier alpha value is -0.686. The predicted molar refractivity (Wildman–Crippen MR) is 212 cm³/mol. The molecular weight excluding hydrogens is 593 g/mol. The van der Waals surface area contributed by atoms with E-state index in [4.69, 9.17) is 8.85 Å². The fraction of sp³-hybridized carbons (Fsp3) is 0.810. The van der Waals surface area contributed by atoms with E-state index in [9.17, 15) is 0 Å². The first kappa shape index (κ1) is 43.3. The third-order valence-corrected chi connectivity index (χ3v) is 11.6. The normalized spacial score (nSPS) is 29.4. The van der Waals surface area contributed by atoms with Gasteiger partial charge in [-0.25, -0.2) is 0 Å². The monoisotopic (exact) mass is 673 g/mol. The lowest BCUT2D eigenvalue weighted by Gasteiger charge is -2.29. The molecule has 0 aliphatic heterocycles. The lowest BCUT2D eigenvalue weighted by atomic mass is 9.86. The molecule has 0 unspecified atom stereocenters. The van der Waals surface area contributed by atoms with Gasteiger partial charge in [-0.3, -0.25) is 0 Å². The summed E-state index contributed by atoms with van der Waals surface area (Å²) in [6.07, 6.45) is 32.8. The van der Waals surface area contributed by atoms with Gasteiger partial charge >= 0.3 is 0 Å². The van der Waals surface area contributed by atoms with E-state index < -0.39 is 16.6 Å². The van der Waals surface area contributed by atoms with Crippen molar-refractivity contribution in [2.24, 2.45) is 47.3 Å². The number of hydrogen-bond donors (Lipinski definition) is 0. The molecule has 0 spiro atoms. The minimum atomic E-state index is -1.48. The molecule has 8 atom stereocenters. The summed E-state index contributed by atoms with van der Waals surface area (Å²) in [7, 11) is -2.96. The molecule has 0 aromatic heterocycles. The zero-order chi connectivity index (χ0) is 34.9. The van der Waals surface area contributed by atoms with Crippen LogP contribution >= 0.6 is 0 Å². The third kappa shape index (κ3) is 18.2. The van der Waals surface area contributed by atoms with Crippen LogP contribution in [0.4, 0.5) is 0 Å². The van der Waals surface area contributed by atoms with Crippen molar-refractivity contribution in [3.63, 3.8) is 0 Å². The minimum absolute atomic E-state index is 0.431. The zero-order valence-corrected chi connectivity index (χ0v) is 35.3. The van der Waals surface area contributed by atoms with Crippen LogP contribution in [0, 0.1) is 47.3 Å². The van der Waals surface area contributed by atoms with Gasteiger partial charge in [-0.15, -0.1) is 0 Å². The maximum atomic E-state index is 6.57. The Morgan fingerprint density at radius 3 is 1.48 bits per heavy atom. The fourth-order valence-corrected chi connectivity index (χ4v) is 9.62. The molecule has 0 saturated heterocycles. The van der Waals surface area contributed by atoms with E-state index >= 15 is 0 Å². The first-order valence-corrected chi connectivity index (χ1v) is 26.3. The molecule has 2 rings (SSSR count). The first-order chi connectivity index (χ1) is 21.5. The standard InChI is InChI=1S/2C21H40OSi/c1-8-9-10-11-12-13-20-19(15-14-17(2)3)18(4)16-21(20)22-23(5,6)7;1-8-9-10-11-12-13-19-18(4)16-21(22-23(5,6)7)20(19)15-14-17(2)3/h2*11-12,14-15,17-21H,8-10,13,16H2,1-7H3/b2*12-11-,15-14?/t18-,19+,20-,21+;18-,19-,20+,21+/m10/s1. The van der Waals surface area contributed by atoms with Crippen molar-refractivity contribution in [2.45, 2.75) is 171 Å². The molecule has 2 aliphatic carbocycles. The second kappa shape index (κ2) is 22.1. The summed E-state index contributed by atoms with van der Waals surface area (Å²) in [5.41, 5.74) is 0. The van der Waals surface area contributed by atoms with Gasteiger partial charge in [0.1, 0.15) is 0 Å². The molecule has 2 fully saturated rings. The van der Waals surface area contributed by atoms with E-state index in [1.807, 2.05) is 0 Å². The van der Waals surface area contributed by atoms with Crippen LogP contribution in [0.15, 0.2) is 48.6 Å². The molecule has 0 aromatic rings. The molecule has 46 heavy (non-hydrogen) atoms. The van der Waals surface area contributed by atoms with Crippen LogP contribution in [0.25, 0.3) is 0 Å². The van der Waals surface area contributed by atoms with E-state index in [1.165, 1.54) is 64.2 Å². The largest absolute Gasteiger partial charge is 0.414 e. The second-order valence-electron chi connectivity index (χ2n) is 17.4. The Morgan fingerprint density at radius 2 is 1.02 bits per heavy atom. The van der Waals surface area contributed by atoms with Gasteiger partial charge in [0, 0.05) is 12.0 Å². The number of hydrogen-bond acceptors (Lipinski definition) is 2. The van der Waals surface area contributed by atoms with Crippen molar-refractivity contribution in [3.8, 4) is 0 Å². The van der Waals surface area contributed by atoms with Crippen LogP contribution in [0.1, 0.15) is 120 Å². The molecule has 0 radical (unpaired) electrons. The minimum Gasteiger partial charge on any atom is -0.414 e. The highest BCUT2D eigenvalue weighted by atomic mass is 28.4. The Balaban J connectivity index is 0.000000460. The Kier molecular flexibility index (Phi) is 20.8. The summed E-state index contributed by atoms with van der Waals surface area (Å²) < 4.78 is 13.1. The van der Waals surface area contributed by atoms with Gasteiger partial charge in [-0.1, -0.05) is 130 Å². The summed E-state index contributed by atoms with van der Waals surface area (Å²) in [5, 5.41) is 0. The maximum absolute atomic E-state index is 6.57. The molecular formula is C42H80O2Si2. The van der Waals surface area contributed by atoms with Crippen molar-refractivity contribution in [1.29, 1.82) is 0 Å². The summed E-state index contributed by atoms with van der Waals surface area (Å²) in [6.45, 7) is 32.4. The Labute approximate surface area is 291 Å². The van der Waals surface area contributed by atoms with E-state index in [1.54, 1.807) is 0 Å². The van der Waals surface area contributed by atoms with E-state index in [2.05, 4.69) is 143 Å². The summed E-state index contributed by atoms with van der Waals surface area (Å²) in [5.74, 6) is 5.42. The number of allylic oxidation sites excluding steroid dienone is 7. The Morgan fingerprint density at radius 1 is 0.587 bits per heavy atom. The summed E-state index contributed by atoms with van der Waals surface area (Å²) in [6, 6.07) is 0. The van der Waals surface area contributed by atoms with Crippen LogP contribution in [-0.2, 0) is 8.85 Å². The highest BCUT2D eigenvalue weighted by Gasteiger charge is 2.42. The highest BCUT2D eigenvalue weighted by Crippen LogP contribution is 2.44. The molecule has 2 nitrogen and oxygen atoms in total. The van der Waals surface area contributed by atoms with Crippen molar-refractivity contribution in [1.82, 2.24) is 0 Å².